The average molecular weight is 503 g/mol. The van der Waals surface area contributed by atoms with E-state index in [1.54, 1.807) is 24.3 Å². The van der Waals surface area contributed by atoms with E-state index < -0.39 is 35.6 Å². The second-order valence-corrected chi connectivity index (χ2v) is 8.27. The van der Waals surface area contributed by atoms with Gasteiger partial charge >= 0.3 is 5.97 Å². The fourth-order valence-corrected chi connectivity index (χ4v) is 3.68. The summed E-state index contributed by atoms with van der Waals surface area (Å²) in [5.41, 5.74) is 7.05. The number of carbonyl (C=O) groups excluding carboxylic acids is 2. The molecular formula is C23H24ClFN6O4. The molecule has 1 aromatic heterocycles. The van der Waals surface area contributed by atoms with Crippen molar-refractivity contribution in [3.05, 3.63) is 70.8 Å². The lowest BCUT2D eigenvalue weighted by Crippen LogP contribution is -2.43. The molecule has 0 saturated heterocycles. The number of hydrogen-bond acceptors (Lipinski definition) is 6. The SMILES string of the molecule is NCC(=O)NC[C@H](C[C@@H](Cc1ccc(-c2cc(Cl)ccc2F)cc1)NC(=O)c1cn[nH]n1)C(=O)O. The van der Waals surface area contributed by atoms with Crippen LogP contribution in [0.4, 0.5) is 4.39 Å². The first-order valence-corrected chi connectivity index (χ1v) is 11.0. The lowest BCUT2D eigenvalue weighted by atomic mass is 9.93. The topological polar surface area (TPSA) is 163 Å². The van der Waals surface area contributed by atoms with Crippen LogP contribution >= 0.6 is 11.6 Å². The summed E-state index contributed by atoms with van der Waals surface area (Å²) in [6, 6.07) is 10.6. The number of aromatic amines is 1. The van der Waals surface area contributed by atoms with Crippen LogP contribution in [0, 0.1) is 11.7 Å². The Kier molecular flexibility index (Phi) is 8.87. The first-order valence-electron chi connectivity index (χ1n) is 10.7. The van der Waals surface area contributed by atoms with Crippen molar-refractivity contribution in [3.63, 3.8) is 0 Å². The fourth-order valence-electron chi connectivity index (χ4n) is 3.51. The maximum Gasteiger partial charge on any atom is 0.308 e. The molecule has 12 heteroatoms. The van der Waals surface area contributed by atoms with Gasteiger partial charge in [-0.05, 0) is 42.2 Å². The Balaban J connectivity index is 1.78. The number of nitrogens with one attached hydrogen (secondary N) is 3. The van der Waals surface area contributed by atoms with Gasteiger partial charge in [-0.15, -0.1) is 0 Å². The number of benzene rings is 2. The van der Waals surface area contributed by atoms with Crippen molar-refractivity contribution in [3.8, 4) is 11.1 Å². The highest BCUT2D eigenvalue weighted by atomic mass is 35.5. The predicted octanol–water partition coefficient (Wildman–Crippen LogP) is 1.77. The van der Waals surface area contributed by atoms with Gasteiger partial charge in [-0.3, -0.25) is 14.4 Å². The number of halogens is 2. The first kappa shape index (κ1) is 25.8. The van der Waals surface area contributed by atoms with Crippen LogP contribution in [-0.4, -0.2) is 57.4 Å². The molecule has 0 aliphatic heterocycles. The molecule has 6 N–H and O–H groups in total. The van der Waals surface area contributed by atoms with Gasteiger partial charge in [0.2, 0.25) is 5.91 Å². The number of rotatable bonds is 11. The Bertz CT molecular complexity index is 1170. The lowest BCUT2D eigenvalue weighted by Gasteiger charge is -2.22. The van der Waals surface area contributed by atoms with Crippen molar-refractivity contribution in [2.75, 3.05) is 13.1 Å². The van der Waals surface area contributed by atoms with E-state index in [9.17, 15) is 23.9 Å². The molecule has 0 fully saturated rings. The van der Waals surface area contributed by atoms with Crippen molar-refractivity contribution < 1.29 is 23.9 Å². The smallest absolute Gasteiger partial charge is 0.308 e. The van der Waals surface area contributed by atoms with Gasteiger partial charge in [0, 0.05) is 23.2 Å². The Morgan fingerprint density at radius 3 is 2.54 bits per heavy atom. The molecule has 3 aromatic rings. The van der Waals surface area contributed by atoms with Crippen LogP contribution in [0.2, 0.25) is 5.02 Å². The minimum atomic E-state index is -1.13. The first-order chi connectivity index (χ1) is 16.8. The van der Waals surface area contributed by atoms with Gasteiger partial charge in [0.05, 0.1) is 18.7 Å². The molecule has 1 heterocycles. The molecule has 0 aliphatic carbocycles. The molecule has 0 saturated carbocycles. The quantitative estimate of drug-likeness (QED) is 0.267. The van der Waals surface area contributed by atoms with Crippen LogP contribution < -0.4 is 16.4 Å². The van der Waals surface area contributed by atoms with Crippen molar-refractivity contribution in [2.45, 2.75) is 18.9 Å². The van der Waals surface area contributed by atoms with Crippen molar-refractivity contribution in [2.24, 2.45) is 11.7 Å². The van der Waals surface area contributed by atoms with E-state index in [0.29, 0.717) is 16.1 Å². The van der Waals surface area contributed by atoms with Crippen LogP contribution in [0.5, 0.6) is 0 Å². The fraction of sp³-hybridized carbons (Fsp3) is 0.261. The van der Waals surface area contributed by atoms with Gasteiger partial charge < -0.3 is 21.5 Å². The summed E-state index contributed by atoms with van der Waals surface area (Å²) < 4.78 is 14.2. The maximum absolute atomic E-state index is 14.2. The zero-order chi connectivity index (χ0) is 25.4. The predicted molar refractivity (Wildman–Crippen MR) is 126 cm³/mol. The number of nitrogens with zero attached hydrogens (tertiary/aromatic N) is 2. The van der Waals surface area contributed by atoms with Crippen molar-refractivity contribution in [1.82, 2.24) is 26.0 Å². The van der Waals surface area contributed by atoms with E-state index in [1.165, 1.54) is 24.4 Å². The number of aromatic nitrogens is 3. The van der Waals surface area contributed by atoms with E-state index >= 15 is 0 Å². The third-order valence-electron chi connectivity index (χ3n) is 5.31. The van der Waals surface area contributed by atoms with Gasteiger partial charge in [-0.1, -0.05) is 35.9 Å². The van der Waals surface area contributed by atoms with Crippen LogP contribution in [-0.2, 0) is 16.0 Å². The number of carboxylic acid groups (broad SMARTS) is 1. The Labute approximate surface area is 205 Å². The summed E-state index contributed by atoms with van der Waals surface area (Å²) in [6.07, 6.45) is 1.54. The van der Waals surface area contributed by atoms with E-state index in [1.807, 2.05) is 0 Å². The highest BCUT2D eigenvalue weighted by Crippen LogP contribution is 2.26. The minimum Gasteiger partial charge on any atom is -0.481 e. The molecule has 0 spiro atoms. The Morgan fingerprint density at radius 2 is 1.91 bits per heavy atom. The molecular weight excluding hydrogens is 479 g/mol. The average Bonchev–Trinajstić information content (AvgIpc) is 3.38. The standard InChI is InChI=1S/C23H24ClFN6O4/c24-16-5-6-19(25)18(9-16)14-3-1-13(2-4-14)7-17(29-22(33)20-12-28-31-30-20)8-15(23(34)35)11-27-21(32)10-26/h1-6,9,12,15,17H,7-8,10-11,26H2,(H,27,32)(H,29,33)(H,34,35)(H,28,30,31)/t15-,17+/m0/s1. The Hall–Kier alpha value is -3.83. The summed E-state index contributed by atoms with van der Waals surface area (Å²) >= 11 is 5.99. The molecule has 35 heavy (non-hydrogen) atoms. The van der Waals surface area contributed by atoms with Gasteiger partial charge in [0.1, 0.15) is 5.82 Å². The zero-order valence-corrected chi connectivity index (χ0v) is 19.3. The van der Waals surface area contributed by atoms with Crippen LogP contribution in [0.1, 0.15) is 22.5 Å². The number of aliphatic carboxylic acids is 1. The monoisotopic (exact) mass is 502 g/mol. The van der Waals surface area contributed by atoms with Crippen LogP contribution in [0.15, 0.2) is 48.7 Å². The number of H-pyrrole nitrogens is 1. The molecule has 0 radical (unpaired) electrons. The molecule has 2 amide bonds. The lowest BCUT2D eigenvalue weighted by molar-refractivity contribution is -0.142. The van der Waals surface area contributed by atoms with Gasteiger partial charge in [-0.2, -0.15) is 15.4 Å². The van der Waals surface area contributed by atoms with Crippen molar-refractivity contribution >= 4 is 29.4 Å². The largest absolute Gasteiger partial charge is 0.481 e. The summed E-state index contributed by atoms with van der Waals surface area (Å²) in [7, 11) is 0. The Morgan fingerprint density at radius 1 is 1.17 bits per heavy atom. The highest BCUT2D eigenvalue weighted by Gasteiger charge is 2.25. The zero-order valence-electron chi connectivity index (χ0n) is 18.5. The summed E-state index contributed by atoms with van der Waals surface area (Å²) in [4.78, 5) is 35.8. The molecule has 2 atom stereocenters. The van der Waals surface area contributed by atoms with Gasteiger partial charge in [0.15, 0.2) is 5.69 Å². The summed E-state index contributed by atoms with van der Waals surface area (Å²) in [5, 5.41) is 25.0. The van der Waals surface area contributed by atoms with Crippen LogP contribution in [0.25, 0.3) is 11.1 Å². The van der Waals surface area contributed by atoms with E-state index in [-0.39, 0.29) is 31.6 Å². The molecule has 0 unspecified atom stereocenters. The summed E-state index contributed by atoms with van der Waals surface area (Å²) in [6.45, 7) is -0.410. The molecule has 3 rings (SSSR count). The number of amides is 2. The normalized spacial score (nSPS) is 12.5. The molecule has 0 aliphatic rings. The highest BCUT2D eigenvalue weighted by molar-refractivity contribution is 6.30. The number of carboxylic acids is 1. The van der Waals surface area contributed by atoms with Crippen molar-refractivity contribution in [1.29, 1.82) is 0 Å². The minimum absolute atomic E-state index is 0.0223. The second kappa shape index (κ2) is 12.0. The molecule has 184 valence electrons. The third-order valence-corrected chi connectivity index (χ3v) is 5.54. The molecule has 10 nitrogen and oxygen atoms in total. The van der Waals surface area contributed by atoms with E-state index in [0.717, 1.165) is 5.56 Å². The van der Waals surface area contributed by atoms with Crippen LogP contribution in [0.3, 0.4) is 0 Å². The molecule has 2 aromatic carbocycles. The third kappa shape index (κ3) is 7.33. The number of carbonyl (C=O) groups is 3. The second-order valence-electron chi connectivity index (χ2n) is 7.83. The van der Waals surface area contributed by atoms with E-state index in [2.05, 4.69) is 26.0 Å². The van der Waals surface area contributed by atoms with Gasteiger partial charge in [-0.25, -0.2) is 4.39 Å². The number of nitrogens with two attached hydrogens (primary N) is 1. The molecule has 0 bridgehead atoms. The van der Waals surface area contributed by atoms with Gasteiger partial charge in [0.25, 0.3) is 5.91 Å². The number of hydrogen-bond donors (Lipinski definition) is 5. The summed E-state index contributed by atoms with van der Waals surface area (Å²) in [5.74, 6) is -3.54. The maximum atomic E-state index is 14.2. The van der Waals surface area contributed by atoms with E-state index in [4.69, 9.17) is 17.3 Å².